The van der Waals surface area contributed by atoms with Gasteiger partial charge in [0.15, 0.2) is 21.3 Å². The Kier molecular flexibility index (Phi) is 3.77. The van der Waals surface area contributed by atoms with Crippen molar-refractivity contribution in [3.8, 4) is 11.5 Å². The average molecular weight is 286 g/mol. The number of sulfone groups is 1. The molecule has 1 fully saturated rings. The van der Waals surface area contributed by atoms with Gasteiger partial charge in [0.1, 0.15) is 18.5 Å². The van der Waals surface area contributed by atoms with Crippen molar-refractivity contribution in [2.75, 3.05) is 18.6 Å². The number of aldehydes is 1. The van der Waals surface area contributed by atoms with Crippen molar-refractivity contribution in [2.45, 2.75) is 12.2 Å². The number of ether oxygens (including phenoxy) is 2. The Morgan fingerprint density at radius 1 is 1.32 bits per heavy atom. The molecule has 0 spiro atoms. The van der Waals surface area contributed by atoms with Crippen LogP contribution in [0.25, 0.3) is 0 Å². The van der Waals surface area contributed by atoms with Gasteiger partial charge in [-0.25, -0.2) is 8.42 Å². The third-order valence-corrected chi connectivity index (χ3v) is 4.56. The van der Waals surface area contributed by atoms with Crippen LogP contribution in [-0.2, 0) is 9.84 Å². The maximum Gasteiger partial charge on any atom is 0.162 e. The normalized spacial score (nSPS) is 24.9. The van der Waals surface area contributed by atoms with Crippen LogP contribution in [0.5, 0.6) is 11.5 Å². The van der Waals surface area contributed by atoms with Gasteiger partial charge in [0.25, 0.3) is 0 Å². The minimum absolute atomic E-state index is 0.244. The number of hydrogen-bond donors (Lipinski definition) is 1. The number of methoxy groups -OCH3 is 1. The van der Waals surface area contributed by atoms with E-state index in [1.165, 1.54) is 13.2 Å². The van der Waals surface area contributed by atoms with E-state index in [0.717, 1.165) is 0 Å². The summed E-state index contributed by atoms with van der Waals surface area (Å²) in [6.45, 7) is 0. The van der Waals surface area contributed by atoms with Crippen LogP contribution in [0.4, 0.5) is 0 Å². The molecular weight excluding hydrogens is 272 g/mol. The van der Waals surface area contributed by atoms with Crippen molar-refractivity contribution in [3.05, 3.63) is 23.8 Å². The Bertz CT molecular complexity index is 580. The van der Waals surface area contributed by atoms with Crippen LogP contribution in [-0.4, -0.2) is 50.6 Å². The second kappa shape index (κ2) is 5.18. The van der Waals surface area contributed by atoms with Crippen LogP contribution < -0.4 is 9.47 Å². The van der Waals surface area contributed by atoms with E-state index in [1.54, 1.807) is 12.1 Å². The van der Waals surface area contributed by atoms with Gasteiger partial charge in [-0.1, -0.05) is 0 Å². The molecule has 2 atom stereocenters. The number of carbonyl (C=O) groups excluding carboxylic acids is 1. The Labute approximate surface area is 110 Å². The first-order valence-electron chi connectivity index (χ1n) is 5.63. The predicted molar refractivity (Wildman–Crippen MR) is 67.5 cm³/mol. The van der Waals surface area contributed by atoms with Crippen LogP contribution in [0.1, 0.15) is 10.4 Å². The summed E-state index contributed by atoms with van der Waals surface area (Å²) in [6, 6.07) is 4.55. The van der Waals surface area contributed by atoms with Gasteiger partial charge >= 0.3 is 0 Å². The summed E-state index contributed by atoms with van der Waals surface area (Å²) in [7, 11) is -1.85. The molecule has 1 N–H and O–H groups in total. The summed E-state index contributed by atoms with van der Waals surface area (Å²) >= 11 is 0. The Hall–Kier alpha value is -1.60. The Morgan fingerprint density at radius 2 is 2.05 bits per heavy atom. The summed E-state index contributed by atoms with van der Waals surface area (Å²) < 4.78 is 33.3. The standard InChI is InChI=1S/C12H14O6S/c1-17-10-3-2-8(5-13)4-11(10)18-12-7-19(15,16)6-9(12)14/h2-5,9,12,14H,6-7H2,1H3. The minimum Gasteiger partial charge on any atom is -0.493 e. The number of aliphatic hydroxyl groups is 1. The summed E-state index contributed by atoms with van der Waals surface area (Å²) in [4.78, 5) is 10.7. The van der Waals surface area contributed by atoms with Gasteiger partial charge in [0, 0.05) is 5.56 Å². The molecule has 19 heavy (non-hydrogen) atoms. The van der Waals surface area contributed by atoms with Crippen LogP contribution in [0.3, 0.4) is 0 Å². The highest BCUT2D eigenvalue weighted by Gasteiger charge is 2.38. The number of rotatable bonds is 4. The Morgan fingerprint density at radius 3 is 2.58 bits per heavy atom. The molecule has 1 aromatic carbocycles. The largest absolute Gasteiger partial charge is 0.493 e. The van der Waals surface area contributed by atoms with Gasteiger partial charge in [-0.3, -0.25) is 4.79 Å². The molecule has 1 aliphatic heterocycles. The van der Waals surface area contributed by atoms with Crippen molar-refractivity contribution < 1.29 is 27.8 Å². The van der Waals surface area contributed by atoms with E-state index >= 15 is 0 Å². The topological polar surface area (TPSA) is 89.9 Å². The predicted octanol–water partition coefficient (Wildman–Crippen LogP) is 0.0444. The first-order chi connectivity index (χ1) is 8.95. The SMILES string of the molecule is COc1ccc(C=O)cc1OC1CS(=O)(=O)CC1O. The third kappa shape index (κ3) is 3.05. The highest BCUT2D eigenvalue weighted by Crippen LogP contribution is 2.30. The minimum atomic E-state index is -3.29. The van der Waals surface area contributed by atoms with Gasteiger partial charge in [-0.05, 0) is 18.2 Å². The first kappa shape index (κ1) is 13.8. The van der Waals surface area contributed by atoms with E-state index in [1.807, 2.05) is 0 Å². The molecule has 0 aromatic heterocycles. The van der Waals surface area contributed by atoms with Gasteiger partial charge in [0.2, 0.25) is 0 Å². The molecule has 2 rings (SSSR count). The monoisotopic (exact) mass is 286 g/mol. The summed E-state index contributed by atoms with van der Waals surface area (Å²) in [5.41, 5.74) is 0.381. The maximum absolute atomic E-state index is 11.4. The van der Waals surface area contributed by atoms with Gasteiger partial charge < -0.3 is 14.6 Å². The smallest absolute Gasteiger partial charge is 0.162 e. The second-order valence-corrected chi connectivity index (χ2v) is 6.48. The van der Waals surface area contributed by atoms with E-state index in [9.17, 15) is 18.3 Å². The van der Waals surface area contributed by atoms with E-state index in [0.29, 0.717) is 17.6 Å². The van der Waals surface area contributed by atoms with Crippen LogP contribution in [0, 0.1) is 0 Å². The van der Waals surface area contributed by atoms with Crippen molar-refractivity contribution in [2.24, 2.45) is 0 Å². The fourth-order valence-corrected chi connectivity index (χ4v) is 3.59. The summed E-state index contributed by atoms with van der Waals surface area (Å²) in [5.74, 6) is 0.0612. The van der Waals surface area contributed by atoms with Crippen molar-refractivity contribution in [1.29, 1.82) is 0 Å². The van der Waals surface area contributed by atoms with Crippen LogP contribution >= 0.6 is 0 Å². The molecule has 0 amide bonds. The lowest BCUT2D eigenvalue weighted by Crippen LogP contribution is -2.29. The molecule has 6 nitrogen and oxygen atoms in total. The average Bonchev–Trinajstić information content (AvgIpc) is 2.62. The van der Waals surface area contributed by atoms with E-state index in [2.05, 4.69) is 0 Å². The molecule has 104 valence electrons. The molecule has 1 heterocycles. The lowest BCUT2D eigenvalue weighted by Gasteiger charge is -2.17. The lowest BCUT2D eigenvalue weighted by molar-refractivity contribution is 0.0718. The van der Waals surface area contributed by atoms with Gasteiger partial charge in [0.05, 0.1) is 18.6 Å². The number of benzene rings is 1. The van der Waals surface area contributed by atoms with E-state index in [4.69, 9.17) is 9.47 Å². The van der Waals surface area contributed by atoms with Gasteiger partial charge in [-0.15, -0.1) is 0 Å². The molecule has 0 aliphatic carbocycles. The highest BCUT2D eigenvalue weighted by molar-refractivity contribution is 7.91. The lowest BCUT2D eigenvalue weighted by atomic mass is 10.2. The molecule has 1 aromatic rings. The maximum atomic E-state index is 11.4. The van der Waals surface area contributed by atoms with Gasteiger partial charge in [-0.2, -0.15) is 0 Å². The number of carbonyl (C=O) groups is 1. The molecule has 1 saturated heterocycles. The third-order valence-electron chi connectivity index (χ3n) is 2.87. The van der Waals surface area contributed by atoms with Crippen LogP contribution in [0.2, 0.25) is 0 Å². The number of hydrogen-bond acceptors (Lipinski definition) is 6. The fraction of sp³-hybridized carbons (Fsp3) is 0.417. The van der Waals surface area contributed by atoms with Crippen molar-refractivity contribution >= 4 is 16.1 Å². The van der Waals surface area contributed by atoms with Crippen molar-refractivity contribution in [1.82, 2.24) is 0 Å². The number of aliphatic hydroxyl groups excluding tert-OH is 1. The van der Waals surface area contributed by atoms with Crippen molar-refractivity contribution in [3.63, 3.8) is 0 Å². The highest BCUT2D eigenvalue weighted by atomic mass is 32.2. The Balaban J connectivity index is 2.25. The molecule has 0 radical (unpaired) electrons. The summed E-state index contributed by atoms with van der Waals surface area (Å²) in [5, 5.41) is 9.66. The first-order valence-corrected chi connectivity index (χ1v) is 7.45. The second-order valence-electron chi connectivity index (χ2n) is 4.33. The van der Waals surface area contributed by atoms with Crippen LogP contribution in [0.15, 0.2) is 18.2 Å². The molecule has 0 saturated carbocycles. The fourth-order valence-electron chi connectivity index (χ4n) is 1.93. The summed E-state index contributed by atoms with van der Waals surface area (Å²) in [6.07, 6.45) is -1.27. The molecule has 7 heteroatoms. The van der Waals surface area contributed by atoms with E-state index in [-0.39, 0.29) is 17.3 Å². The molecule has 2 unspecified atom stereocenters. The molecule has 1 aliphatic rings. The zero-order valence-electron chi connectivity index (χ0n) is 10.3. The zero-order valence-corrected chi connectivity index (χ0v) is 11.1. The quantitative estimate of drug-likeness (QED) is 0.786. The zero-order chi connectivity index (χ0) is 14.0. The molecular formula is C12H14O6S. The molecule has 0 bridgehead atoms. The van der Waals surface area contributed by atoms with E-state index < -0.39 is 22.0 Å².